The van der Waals surface area contributed by atoms with E-state index in [9.17, 15) is 0 Å². The van der Waals surface area contributed by atoms with Gasteiger partial charge in [-0.05, 0) is 48.5 Å². The zero-order valence-corrected chi connectivity index (χ0v) is 14.4. The second-order valence-corrected chi connectivity index (χ2v) is 6.09. The van der Waals surface area contributed by atoms with Crippen molar-refractivity contribution in [2.45, 2.75) is 0 Å². The lowest BCUT2D eigenvalue weighted by atomic mass is 10.2. The molecule has 0 fully saturated rings. The first-order valence-corrected chi connectivity index (χ1v) is 7.87. The summed E-state index contributed by atoms with van der Waals surface area (Å²) in [5.41, 5.74) is 16.3. The Kier molecular flexibility index (Phi) is 6.17. The molecule has 24 heavy (non-hydrogen) atoms. The highest BCUT2D eigenvalue weighted by atomic mass is 32.1. The third-order valence-electron chi connectivity index (χ3n) is 3.21. The molecular weight excluding hydrogens is 318 g/mol. The molecule has 0 aromatic heterocycles. The van der Waals surface area contributed by atoms with Gasteiger partial charge in [-0.15, -0.1) is 0 Å². The van der Waals surface area contributed by atoms with E-state index in [1.165, 1.54) is 0 Å². The summed E-state index contributed by atoms with van der Waals surface area (Å²) < 4.78 is 1.82. The molecule has 0 aliphatic rings. The predicted molar refractivity (Wildman–Crippen MR) is 108 cm³/mol. The van der Waals surface area contributed by atoms with E-state index < -0.39 is 0 Å². The molecule has 0 amide bonds. The summed E-state index contributed by atoms with van der Waals surface area (Å²) in [6.45, 7) is 9.16. The minimum Gasteiger partial charge on any atom is -0.399 e. The highest BCUT2D eigenvalue weighted by Gasteiger charge is 2.05. The van der Waals surface area contributed by atoms with E-state index >= 15 is 0 Å². The first kappa shape index (κ1) is 17.8. The second-order valence-electron chi connectivity index (χ2n) is 5.52. The van der Waals surface area contributed by atoms with E-state index in [0.29, 0.717) is 13.1 Å². The zero-order valence-electron chi connectivity index (χ0n) is 13.5. The van der Waals surface area contributed by atoms with Crippen LogP contribution in [0.4, 0.5) is 22.7 Å². The van der Waals surface area contributed by atoms with Crippen LogP contribution in [0.1, 0.15) is 0 Å². The smallest absolute Gasteiger partial charge is 0.0488 e. The van der Waals surface area contributed by atoms with Crippen LogP contribution in [0.3, 0.4) is 0 Å². The number of rotatable bonds is 8. The SMILES string of the molecule is C=C(CN(S)CC(=C)Nc1ccc(N)cc1)Nc1ccc(N)cc1. The Morgan fingerprint density at radius 3 is 1.46 bits per heavy atom. The molecule has 0 unspecified atom stereocenters. The molecule has 0 saturated heterocycles. The van der Waals surface area contributed by atoms with E-state index in [-0.39, 0.29) is 0 Å². The molecule has 0 aliphatic heterocycles. The topological polar surface area (TPSA) is 79.3 Å². The van der Waals surface area contributed by atoms with Crippen LogP contribution in [0.2, 0.25) is 0 Å². The minimum atomic E-state index is 0.565. The van der Waals surface area contributed by atoms with Gasteiger partial charge in [0.25, 0.3) is 0 Å². The maximum absolute atomic E-state index is 5.67. The van der Waals surface area contributed by atoms with Crippen molar-refractivity contribution in [1.29, 1.82) is 0 Å². The number of nitrogens with one attached hydrogen (secondary N) is 2. The molecule has 2 aromatic carbocycles. The number of hydrogen-bond donors (Lipinski definition) is 5. The van der Waals surface area contributed by atoms with Crippen molar-refractivity contribution in [2.75, 3.05) is 35.2 Å². The van der Waals surface area contributed by atoms with Gasteiger partial charge >= 0.3 is 0 Å². The van der Waals surface area contributed by atoms with Gasteiger partial charge in [-0.3, -0.25) is 0 Å². The lowest BCUT2D eigenvalue weighted by molar-refractivity contribution is 0.561. The van der Waals surface area contributed by atoms with Gasteiger partial charge in [0.1, 0.15) is 0 Å². The number of anilines is 4. The van der Waals surface area contributed by atoms with Gasteiger partial charge in [0.2, 0.25) is 0 Å². The minimum absolute atomic E-state index is 0.565. The summed E-state index contributed by atoms with van der Waals surface area (Å²) in [5.74, 6) is 0. The van der Waals surface area contributed by atoms with Crippen molar-refractivity contribution < 1.29 is 0 Å². The molecule has 0 radical (unpaired) electrons. The van der Waals surface area contributed by atoms with Crippen molar-refractivity contribution in [2.24, 2.45) is 0 Å². The number of hydrogen-bond acceptors (Lipinski definition) is 6. The molecule has 0 atom stereocenters. The Bertz CT molecular complexity index is 633. The Hall–Kier alpha value is -2.57. The molecule has 0 spiro atoms. The van der Waals surface area contributed by atoms with Gasteiger partial charge < -0.3 is 22.1 Å². The number of benzene rings is 2. The molecule has 0 heterocycles. The number of nitrogen functional groups attached to an aromatic ring is 2. The second kappa shape index (κ2) is 8.33. The van der Waals surface area contributed by atoms with Crippen molar-refractivity contribution in [1.82, 2.24) is 4.31 Å². The van der Waals surface area contributed by atoms with E-state index in [1.54, 1.807) is 0 Å². The van der Waals surface area contributed by atoms with Crippen molar-refractivity contribution >= 4 is 35.6 Å². The Morgan fingerprint density at radius 2 is 1.12 bits per heavy atom. The normalized spacial score (nSPS) is 10.4. The monoisotopic (exact) mass is 341 g/mol. The molecule has 2 rings (SSSR count). The molecule has 0 bridgehead atoms. The standard InChI is InChI=1S/C18H23N5S/c1-13(21-17-7-3-15(19)4-8-17)11-23(24)12-14(2)22-18-9-5-16(20)6-10-18/h3-10,21-22,24H,1-2,11-12,19-20H2. The fourth-order valence-corrected chi connectivity index (χ4v) is 2.46. The summed E-state index contributed by atoms with van der Waals surface area (Å²) in [4.78, 5) is 0. The lowest BCUT2D eigenvalue weighted by Crippen LogP contribution is -2.23. The fraction of sp³-hybridized carbons (Fsp3) is 0.111. The Labute approximate surface area is 148 Å². The van der Waals surface area contributed by atoms with Gasteiger partial charge in [-0.2, -0.15) is 0 Å². The molecule has 6 heteroatoms. The third-order valence-corrected chi connectivity index (χ3v) is 3.49. The third kappa shape index (κ3) is 5.91. The summed E-state index contributed by atoms with van der Waals surface area (Å²) in [6, 6.07) is 15.0. The van der Waals surface area contributed by atoms with Crippen LogP contribution in [-0.4, -0.2) is 17.4 Å². The maximum Gasteiger partial charge on any atom is 0.0488 e. The predicted octanol–water partition coefficient (Wildman–Crippen LogP) is 3.55. The number of nitrogens with zero attached hydrogens (tertiary/aromatic N) is 1. The van der Waals surface area contributed by atoms with Gasteiger partial charge in [0.05, 0.1) is 0 Å². The van der Waals surface area contributed by atoms with Crippen LogP contribution in [0.5, 0.6) is 0 Å². The zero-order chi connectivity index (χ0) is 17.5. The molecule has 0 aliphatic carbocycles. The van der Waals surface area contributed by atoms with E-state index in [1.807, 2.05) is 52.8 Å². The average molecular weight is 341 g/mol. The largest absolute Gasteiger partial charge is 0.399 e. The molecule has 2 aromatic rings. The molecular formula is C18H23N5S. The fourth-order valence-electron chi connectivity index (χ4n) is 2.12. The summed E-state index contributed by atoms with van der Waals surface area (Å²) >= 11 is 4.47. The van der Waals surface area contributed by atoms with E-state index in [0.717, 1.165) is 34.1 Å². The van der Waals surface area contributed by atoms with Crippen molar-refractivity contribution in [3.8, 4) is 0 Å². The molecule has 126 valence electrons. The van der Waals surface area contributed by atoms with Crippen molar-refractivity contribution in [3.63, 3.8) is 0 Å². The summed E-state index contributed by atoms with van der Waals surface area (Å²) in [5, 5.41) is 6.45. The van der Waals surface area contributed by atoms with Gasteiger partial charge in [0.15, 0.2) is 0 Å². The van der Waals surface area contributed by atoms with Crippen LogP contribution in [0.15, 0.2) is 73.1 Å². The number of thiol groups is 1. The lowest BCUT2D eigenvalue weighted by Gasteiger charge is -2.20. The Morgan fingerprint density at radius 1 is 0.792 bits per heavy atom. The highest BCUT2D eigenvalue weighted by molar-refractivity contribution is 7.77. The van der Waals surface area contributed by atoms with E-state index in [2.05, 4.69) is 36.6 Å². The average Bonchev–Trinajstić information content (AvgIpc) is 2.51. The van der Waals surface area contributed by atoms with Crippen LogP contribution in [-0.2, 0) is 0 Å². The van der Waals surface area contributed by atoms with E-state index in [4.69, 9.17) is 11.5 Å². The van der Waals surface area contributed by atoms with Crippen LogP contribution in [0, 0.1) is 0 Å². The molecule has 5 nitrogen and oxygen atoms in total. The summed E-state index contributed by atoms with van der Waals surface area (Å²) in [7, 11) is 0. The van der Waals surface area contributed by atoms with Crippen LogP contribution >= 0.6 is 12.8 Å². The first-order valence-electron chi connectivity index (χ1n) is 7.47. The number of nitrogens with two attached hydrogens (primary N) is 2. The molecule has 0 saturated carbocycles. The summed E-state index contributed by atoms with van der Waals surface area (Å²) in [6.07, 6.45) is 0. The quantitative estimate of drug-likeness (QED) is 0.375. The van der Waals surface area contributed by atoms with Crippen molar-refractivity contribution in [3.05, 3.63) is 73.1 Å². The van der Waals surface area contributed by atoms with Gasteiger partial charge in [-0.25, -0.2) is 4.31 Å². The first-order chi connectivity index (χ1) is 11.4. The van der Waals surface area contributed by atoms with Crippen LogP contribution in [0.25, 0.3) is 0 Å². The van der Waals surface area contributed by atoms with Gasteiger partial charge in [-0.1, -0.05) is 26.0 Å². The maximum atomic E-state index is 5.67. The van der Waals surface area contributed by atoms with Gasteiger partial charge in [0, 0.05) is 47.2 Å². The Balaban J connectivity index is 1.78. The molecule has 6 N–H and O–H groups in total. The highest BCUT2D eigenvalue weighted by Crippen LogP contribution is 2.15. The van der Waals surface area contributed by atoms with Crippen LogP contribution < -0.4 is 22.1 Å².